The van der Waals surface area contributed by atoms with E-state index in [-0.39, 0.29) is 22.6 Å². The summed E-state index contributed by atoms with van der Waals surface area (Å²) in [5.74, 6) is -0.427. The fourth-order valence-corrected chi connectivity index (χ4v) is 4.65. The highest BCUT2D eigenvalue weighted by Crippen LogP contribution is 2.21. The summed E-state index contributed by atoms with van der Waals surface area (Å²) in [6.07, 6.45) is 1.76. The summed E-state index contributed by atoms with van der Waals surface area (Å²) in [7, 11) is -3.48. The Bertz CT molecular complexity index is 994. The van der Waals surface area contributed by atoms with E-state index >= 15 is 0 Å². The Labute approximate surface area is 177 Å². The van der Waals surface area contributed by atoms with Crippen LogP contribution in [0.2, 0.25) is 0 Å². The largest absolute Gasteiger partial charge is 0.348 e. The Balaban J connectivity index is 1.56. The molecule has 0 aliphatic carbocycles. The predicted molar refractivity (Wildman–Crippen MR) is 116 cm³/mol. The third-order valence-electron chi connectivity index (χ3n) is 5.02. The summed E-state index contributed by atoms with van der Waals surface area (Å²) in [6.45, 7) is 5.07. The van der Waals surface area contributed by atoms with Crippen LogP contribution < -0.4 is 10.6 Å². The quantitative estimate of drug-likeness (QED) is 0.707. The number of rotatable bonds is 7. The SMILES string of the molecule is CC(C)C(=O)Nc1ccc(CNC(=O)c2ccc(S(=O)(=O)N3CCCC3)cc2)cc1. The second-order valence-electron chi connectivity index (χ2n) is 7.66. The number of anilines is 1. The lowest BCUT2D eigenvalue weighted by Gasteiger charge is -2.15. The van der Waals surface area contributed by atoms with E-state index in [1.807, 2.05) is 26.0 Å². The maximum Gasteiger partial charge on any atom is 0.251 e. The molecule has 160 valence electrons. The van der Waals surface area contributed by atoms with Gasteiger partial charge in [-0.3, -0.25) is 9.59 Å². The van der Waals surface area contributed by atoms with Crippen molar-refractivity contribution in [1.82, 2.24) is 9.62 Å². The summed E-state index contributed by atoms with van der Waals surface area (Å²) >= 11 is 0. The Morgan fingerprint density at radius 3 is 2.13 bits per heavy atom. The van der Waals surface area contributed by atoms with Crippen LogP contribution in [-0.2, 0) is 21.4 Å². The molecule has 1 saturated heterocycles. The van der Waals surface area contributed by atoms with E-state index < -0.39 is 10.0 Å². The van der Waals surface area contributed by atoms with Gasteiger partial charge in [-0.25, -0.2) is 8.42 Å². The van der Waals surface area contributed by atoms with Gasteiger partial charge in [-0.15, -0.1) is 0 Å². The summed E-state index contributed by atoms with van der Waals surface area (Å²) in [4.78, 5) is 24.3. The second-order valence-corrected chi connectivity index (χ2v) is 9.60. The molecule has 0 unspecified atom stereocenters. The minimum atomic E-state index is -3.48. The highest BCUT2D eigenvalue weighted by atomic mass is 32.2. The molecule has 1 aliphatic heterocycles. The van der Waals surface area contributed by atoms with Crippen LogP contribution in [0.3, 0.4) is 0 Å². The molecule has 2 aromatic carbocycles. The van der Waals surface area contributed by atoms with Gasteiger partial charge in [0.15, 0.2) is 0 Å². The van der Waals surface area contributed by atoms with Gasteiger partial charge in [0, 0.05) is 36.8 Å². The highest BCUT2D eigenvalue weighted by molar-refractivity contribution is 7.89. The Morgan fingerprint density at radius 2 is 1.57 bits per heavy atom. The van der Waals surface area contributed by atoms with Crippen LogP contribution >= 0.6 is 0 Å². The standard InChI is InChI=1S/C22H27N3O4S/c1-16(2)21(26)24-19-9-5-17(6-10-19)15-23-22(27)18-7-11-20(12-8-18)30(28,29)25-13-3-4-14-25/h5-12,16H,3-4,13-15H2,1-2H3,(H,23,27)(H,24,26). The van der Waals surface area contributed by atoms with E-state index in [2.05, 4.69) is 10.6 Å². The Morgan fingerprint density at radius 1 is 0.967 bits per heavy atom. The second kappa shape index (κ2) is 9.40. The lowest BCUT2D eigenvalue weighted by Crippen LogP contribution is -2.28. The predicted octanol–water partition coefficient (Wildman–Crippen LogP) is 3.00. The maximum absolute atomic E-state index is 12.6. The van der Waals surface area contributed by atoms with Gasteiger partial charge in [-0.2, -0.15) is 4.31 Å². The minimum Gasteiger partial charge on any atom is -0.348 e. The van der Waals surface area contributed by atoms with Gasteiger partial charge in [0.05, 0.1) is 4.90 Å². The molecule has 1 fully saturated rings. The number of nitrogens with zero attached hydrogens (tertiary/aromatic N) is 1. The Hall–Kier alpha value is -2.71. The number of hydrogen-bond acceptors (Lipinski definition) is 4. The lowest BCUT2D eigenvalue weighted by molar-refractivity contribution is -0.118. The summed E-state index contributed by atoms with van der Waals surface area (Å²) < 4.78 is 26.6. The molecule has 2 amide bonds. The van der Waals surface area contributed by atoms with E-state index in [1.165, 1.54) is 28.6 Å². The molecular weight excluding hydrogens is 402 g/mol. The number of nitrogens with one attached hydrogen (secondary N) is 2. The van der Waals surface area contributed by atoms with Crippen molar-refractivity contribution in [2.75, 3.05) is 18.4 Å². The van der Waals surface area contributed by atoms with Crippen molar-refractivity contribution in [3.8, 4) is 0 Å². The molecule has 0 bridgehead atoms. The number of hydrogen-bond donors (Lipinski definition) is 2. The fourth-order valence-electron chi connectivity index (χ4n) is 3.13. The first-order valence-corrected chi connectivity index (χ1v) is 11.5. The molecule has 0 atom stereocenters. The first-order chi connectivity index (χ1) is 14.3. The number of carbonyl (C=O) groups is 2. The van der Waals surface area contributed by atoms with Crippen LogP contribution in [0.1, 0.15) is 42.6 Å². The van der Waals surface area contributed by atoms with Crippen molar-refractivity contribution in [3.63, 3.8) is 0 Å². The van der Waals surface area contributed by atoms with Crippen molar-refractivity contribution >= 4 is 27.5 Å². The van der Waals surface area contributed by atoms with Crippen molar-refractivity contribution in [3.05, 3.63) is 59.7 Å². The lowest BCUT2D eigenvalue weighted by atomic mass is 10.1. The zero-order valence-electron chi connectivity index (χ0n) is 17.2. The highest BCUT2D eigenvalue weighted by Gasteiger charge is 2.27. The number of sulfonamides is 1. The topological polar surface area (TPSA) is 95.6 Å². The molecule has 2 aromatic rings. The number of benzene rings is 2. The molecule has 0 radical (unpaired) electrons. The molecule has 0 aromatic heterocycles. The van der Waals surface area contributed by atoms with Crippen LogP contribution in [0.5, 0.6) is 0 Å². The maximum atomic E-state index is 12.6. The van der Waals surface area contributed by atoms with Gasteiger partial charge in [-0.05, 0) is 54.8 Å². The molecule has 8 heteroatoms. The normalized spacial score (nSPS) is 14.6. The van der Waals surface area contributed by atoms with Crippen molar-refractivity contribution in [2.24, 2.45) is 5.92 Å². The van der Waals surface area contributed by atoms with Gasteiger partial charge >= 0.3 is 0 Å². The molecular formula is C22H27N3O4S. The number of carbonyl (C=O) groups excluding carboxylic acids is 2. The van der Waals surface area contributed by atoms with Crippen LogP contribution in [0.15, 0.2) is 53.4 Å². The van der Waals surface area contributed by atoms with Gasteiger partial charge in [0.2, 0.25) is 15.9 Å². The number of amides is 2. The monoisotopic (exact) mass is 429 g/mol. The Kier molecular flexibility index (Phi) is 6.89. The van der Waals surface area contributed by atoms with Crippen LogP contribution in [0.4, 0.5) is 5.69 Å². The van der Waals surface area contributed by atoms with Gasteiger partial charge in [0.1, 0.15) is 0 Å². The van der Waals surface area contributed by atoms with Crippen LogP contribution in [-0.4, -0.2) is 37.6 Å². The van der Waals surface area contributed by atoms with Crippen molar-refractivity contribution in [2.45, 2.75) is 38.1 Å². The smallest absolute Gasteiger partial charge is 0.251 e. The molecule has 1 aliphatic rings. The zero-order chi connectivity index (χ0) is 21.7. The molecule has 0 spiro atoms. The van der Waals surface area contributed by atoms with E-state index in [4.69, 9.17) is 0 Å². The third-order valence-corrected chi connectivity index (χ3v) is 6.93. The average Bonchev–Trinajstić information content (AvgIpc) is 3.29. The summed E-state index contributed by atoms with van der Waals surface area (Å²) in [5.41, 5.74) is 1.99. The molecule has 30 heavy (non-hydrogen) atoms. The molecule has 1 heterocycles. The van der Waals surface area contributed by atoms with E-state index in [1.54, 1.807) is 12.1 Å². The summed E-state index contributed by atoms with van der Waals surface area (Å²) in [6, 6.07) is 13.3. The first kappa shape index (κ1) is 22.0. The third kappa shape index (κ3) is 5.25. The van der Waals surface area contributed by atoms with E-state index in [0.29, 0.717) is 30.9 Å². The van der Waals surface area contributed by atoms with Crippen LogP contribution in [0, 0.1) is 5.92 Å². The molecule has 2 N–H and O–H groups in total. The molecule has 3 rings (SSSR count). The van der Waals surface area contributed by atoms with E-state index in [9.17, 15) is 18.0 Å². The molecule has 7 nitrogen and oxygen atoms in total. The van der Waals surface area contributed by atoms with Crippen molar-refractivity contribution < 1.29 is 18.0 Å². The first-order valence-electron chi connectivity index (χ1n) is 10.1. The zero-order valence-corrected chi connectivity index (χ0v) is 18.0. The fraction of sp³-hybridized carbons (Fsp3) is 0.364. The van der Waals surface area contributed by atoms with Crippen LogP contribution in [0.25, 0.3) is 0 Å². The average molecular weight is 430 g/mol. The summed E-state index contributed by atoms with van der Waals surface area (Å²) in [5, 5.41) is 5.64. The van der Waals surface area contributed by atoms with E-state index in [0.717, 1.165) is 18.4 Å². The van der Waals surface area contributed by atoms with Crippen molar-refractivity contribution in [1.29, 1.82) is 0 Å². The van der Waals surface area contributed by atoms with Gasteiger partial charge < -0.3 is 10.6 Å². The molecule has 0 saturated carbocycles. The minimum absolute atomic E-state index is 0.0498. The van der Waals surface area contributed by atoms with Gasteiger partial charge in [-0.1, -0.05) is 26.0 Å². The van der Waals surface area contributed by atoms with Gasteiger partial charge in [0.25, 0.3) is 5.91 Å².